The predicted molar refractivity (Wildman–Crippen MR) is 170 cm³/mol. The van der Waals surface area contributed by atoms with Crippen LogP contribution in [0.4, 0.5) is 4.79 Å². The van der Waals surface area contributed by atoms with Crippen molar-refractivity contribution in [3.8, 4) is 0 Å². The van der Waals surface area contributed by atoms with Gasteiger partial charge >= 0.3 is 6.09 Å². The number of hydrogen-bond acceptors (Lipinski definition) is 9. The molecule has 0 saturated carbocycles. The van der Waals surface area contributed by atoms with Crippen LogP contribution in [-0.4, -0.2) is 71.5 Å². The average Bonchev–Trinajstić information content (AvgIpc) is 3.01. The smallest absolute Gasteiger partial charge is 0.405 e. The maximum atomic E-state index is 13.9. The number of para-hydroxylation sites is 2. The van der Waals surface area contributed by atoms with Gasteiger partial charge in [0.25, 0.3) is 5.91 Å². The number of allylic oxidation sites excluding steroid dienone is 3. The van der Waals surface area contributed by atoms with Crippen molar-refractivity contribution < 1.29 is 33.7 Å². The minimum absolute atomic E-state index is 0.0938. The summed E-state index contributed by atoms with van der Waals surface area (Å²) in [5.74, 6) is -1.89. The minimum Gasteiger partial charge on any atom is -0.439 e. The monoisotopic (exact) mass is 618 g/mol. The number of aliphatic hydroxyl groups excluding tert-OH is 1. The van der Waals surface area contributed by atoms with Crippen LogP contribution in [0.15, 0.2) is 65.4 Å². The van der Waals surface area contributed by atoms with E-state index in [4.69, 9.17) is 29.9 Å². The molecule has 7 atom stereocenters. The normalized spacial score (nSPS) is 28.4. The Morgan fingerprint density at radius 1 is 1.04 bits per heavy atom. The van der Waals surface area contributed by atoms with Gasteiger partial charge in [-0.3, -0.25) is 9.59 Å². The molecule has 11 nitrogen and oxygen atoms in total. The number of ketones is 1. The molecule has 0 radical (unpaired) electrons. The number of benzene rings is 1. The van der Waals surface area contributed by atoms with Crippen molar-refractivity contribution in [3.05, 3.63) is 76.8 Å². The fraction of sp³-hybridized carbons (Fsp3) is 0.441. The Kier molecular flexibility index (Phi) is 11.0. The zero-order chi connectivity index (χ0) is 32.8. The van der Waals surface area contributed by atoms with Gasteiger partial charge in [0, 0.05) is 25.7 Å². The number of amides is 2. The molecule has 0 saturated heterocycles. The molecule has 240 valence electrons. The molecule has 11 heteroatoms. The van der Waals surface area contributed by atoms with Gasteiger partial charge < -0.3 is 30.4 Å². The van der Waals surface area contributed by atoms with Crippen LogP contribution in [-0.2, 0) is 23.8 Å². The number of Topliss-reactive ketones (excluding diaryl/α,β-unsaturated/α-hetero) is 1. The number of aliphatic hydroxyl groups is 1. The largest absolute Gasteiger partial charge is 0.439 e. The first kappa shape index (κ1) is 33.7. The SMILES string of the molecule is CO[C@H]1C=CC=C(C)C(=O)NC2=Cc3nc4ccccc4nc3C(C[C@@H](C)C[C@H](OC)[C@@H](O)[C@@H](C)C=C(C)[C@@H]1OC(N)=O)C2=O. The third-order valence-electron chi connectivity index (χ3n) is 8.36. The quantitative estimate of drug-likeness (QED) is 0.430. The molecule has 4 rings (SSSR count). The number of nitrogens with one attached hydrogen (secondary N) is 1. The van der Waals surface area contributed by atoms with Gasteiger partial charge in [-0.25, -0.2) is 14.8 Å². The molecule has 1 aliphatic heterocycles. The average molecular weight is 619 g/mol. The van der Waals surface area contributed by atoms with E-state index in [-0.39, 0.29) is 17.4 Å². The first-order chi connectivity index (χ1) is 21.4. The molecule has 2 aromatic rings. The van der Waals surface area contributed by atoms with Crippen LogP contribution in [0.5, 0.6) is 0 Å². The lowest BCUT2D eigenvalue weighted by Gasteiger charge is -2.31. The fourth-order valence-electron chi connectivity index (χ4n) is 5.90. The van der Waals surface area contributed by atoms with Crippen molar-refractivity contribution in [2.45, 2.75) is 70.9 Å². The van der Waals surface area contributed by atoms with Crippen LogP contribution in [0.3, 0.4) is 0 Å². The highest BCUT2D eigenvalue weighted by Gasteiger charge is 2.36. The number of rotatable bonds is 3. The summed E-state index contributed by atoms with van der Waals surface area (Å²) in [5.41, 5.74) is 8.88. The third-order valence-corrected chi connectivity index (χ3v) is 8.36. The van der Waals surface area contributed by atoms with E-state index in [0.29, 0.717) is 46.4 Å². The maximum Gasteiger partial charge on any atom is 0.405 e. The number of hydrogen-bond donors (Lipinski definition) is 3. The van der Waals surface area contributed by atoms with Crippen molar-refractivity contribution in [2.24, 2.45) is 17.6 Å². The van der Waals surface area contributed by atoms with Gasteiger partial charge in [-0.2, -0.15) is 0 Å². The van der Waals surface area contributed by atoms with E-state index in [9.17, 15) is 19.5 Å². The van der Waals surface area contributed by atoms with Crippen molar-refractivity contribution in [1.29, 1.82) is 0 Å². The zero-order valence-corrected chi connectivity index (χ0v) is 26.5. The molecule has 2 amide bonds. The van der Waals surface area contributed by atoms with E-state index in [1.807, 2.05) is 38.1 Å². The Morgan fingerprint density at radius 3 is 2.38 bits per heavy atom. The molecule has 1 aliphatic carbocycles. The standard InChI is InChI=1S/C34H42N4O7/c1-18-14-22-29-25(36-23-11-7-8-12-24(23)37-29)17-26(31(22)40)38-33(41)19(2)10-9-13-27(43-5)32(45-34(35)42)21(4)16-20(3)30(39)28(15-18)44-6/h7-13,16-18,20,22,27-28,30,32,39H,14-15H2,1-6H3,(H2,35,42)(H,38,41)/t18-,20+,22?,27+,28+,30+,32+/m1/s1. The maximum absolute atomic E-state index is 13.9. The Hall–Kier alpha value is -4.19. The number of fused-ring (bicyclic) bond motifs is 5. The van der Waals surface area contributed by atoms with Crippen molar-refractivity contribution in [3.63, 3.8) is 0 Å². The van der Waals surface area contributed by atoms with Gasteiger partial charge in [0.05, 0.1) is 46.2 Å². The van der Waals surface area contributed by atoms with Crippen LogP contribution in [0.2, 0.25) is 0 Å². The molecule has 0 spiro atoms. The van der Waals surface area contributed by atoms with Gasteiger partial charge in [-0.15, -0.1) is 0 Å². The van der Waals surface area contributed by atoms with Gasteiger partial charge in [-0.05, 0) is 56.4 Å². The van der Waals surface area contributed by atoms with E-state index in [2.05, 4.69) is 5.32 Å². The number of carbonyl (C=O) groups excluding carboxylic acids is 3. The van der Waals surface area contributed by atoms with Gasteiger partial charge in [0.2, 0.25) is 0 Å². The molecular weight excluding hydrogens is 576 g/mol. The highest BCUT2D eigenvalue weighted by Crippen LogP contribution is 2.36. The van der Waals surface area contributed by atoms with E-state index in [1.165, 1.54) is 14.2 Å². The summed E-state index contributed by atoms with van der Waals surface area (Å²) in [6, 6.07) is 7.44. The summed E-state index contributed by atoms with van der Waals surface area (Å²) in [6.07, 6.45) is 4.91. The molecule has 45 heavy (non-hydrogen) atoms. The summed E-state index contributed by atoms with van der Waals surface area (Å²) in [7, 11) is 3.00. The first-order valence-electron chi connectivity index (χ1n) is 15.0. The fourth-order valence-corrected chi connectivity index (χ4v) is 5.90. The highest BCUT2D eigenvalue weighted by atomic mass is 16.6. The van der Waals surface area contributed by atoms with Crippen molar-refractivity contribution in [1.82, 2.24) is 15.3 Å². The predicted octanol–water partition coefficient (Wildman–Crippen LogP) is 4.12. The lowest BCUT2D eigenvalue weighted by atomic mass is 9.81. The van der Waals surface area contributed by atoms with Crippen molar-refractivity contribution in [2.75, 3.05) is 14.2 Å². The number of nitrogens with zero attached hydrogens (tertiary/aromatic N) is 2. The molecular formula is C34H42N4O7. The number of carbonyl (C=O) groups is 3. The molecule has 1 unspecified atom stereocenters. The zero-order valence-electron chi connectivity index (χ0n) is 26.5. The lowest BCUT2D eigenvalue weighted by molar-refractivity contribution is -0.121. The van der Waals surface area contributed by atoms with Crippen LogP contribution >= 0.6 is 0 Å². The highest BCUT2D eigenvalue weighted by molar-refractivity contribution is 6.10. The second kappa shape index (κ2) is 14.7. The second-order valence-corrected chi connectivity index (χ2v) is 11.8. The Bertz CT molecular complexity index is 1560. The van der Waals surface area contributed by atoms with Crippen LogP contribution in [0.1, 0.15) is 57.8 Å². The van der Waals surface area contributed by atoms with E-state index in [1.54, 1.807) is 44.2 Å². The number of aromatic nitrogens is 2. The molecule has 1 aromatic carbocycles. The molecule has 2 heterocycles. The molecule has 1 aromatic heterocycles. The number of methoxy groups -OCH3 is 2. The van der Waals surface area contributed by atoms with Crippen molar-refractivity contribution >= 4 is 34.9 Å². The molecule has 2 aliphatic rings. The first-order valence-corrected chi connectivity index (χ1v) is 15.0. The van der Waals surface area contributed by atoms with Gasteiger partial charge in [-0.1, -0.05) is 50.3 Å². The molecule has 4 N–H and O–H groups in total. The van der Waals surface area contributed by atoms with Crippen LogP contribution < -0.4 is 11.1 Å². The summed E-state index contributed by atoms with van der Waals surface area (Å²) in [4.78, 5) is 48.6. The molecule has 0 fully saturated rings. The van der Waals surface area contributed by atoms with E-state index < -0.39 is 48.3 Å². The minimum atomic E-state index is -0.980. The Balaban J connectivity index is 1.80. The van der Waals surface area contributed by atoms with Crippen LogP contribution in [0, 0.1) is 11.8 Å². The Morgan fingerprint density at radius 2 is 1.73 bits per heavy atom. The summed E-state index contributed by atoms with van der Waals surface area (Å²) < 4.78 is 16.8. The molecule has 2 bridgehead atoms. The van der Waals surface area contributed by atoms with E-state index >= 15 is 0 Å². The topological polar surface area (TPSA) is 163 Å². The summed E-state index contributed by atoms with van der Waals surface area (Å²) >= 11 is 0. The van der Waals surface area contributed by atoms with Gasteiger partial charge in [0.1, 0.15) is 6.10 Å². The number of primary amides is 1. The van der Waals surface area contributed by atoms with E-state index in [0.717, 1.165) is 0 Å². The summed E-state index contributed by atoms with van der Waals surface area (Å²) in [6.45, 7) is 7.22. The second-order valence-electron chi connectivity index (χ2n) is 11.8. The number of ether oxygens (including phenoxy) is 3. The number of nitrogens with two attached hydrogens (primary N) is 1. The third kappa shape index (κ3) is 7.91. The van der Waals surface area contributed by atoms with Gasteiger partial charge in [0.15, 0.2) is 11.9 Å². The Labute approximate surface area is 263 Å². The van der Waals surface area contributed by atoms with Crippen LogP contribution in [0.25, 0.3) is 17.1 Å². The summed E-state index contributed by atoms with van der Waals surface area (Å²) in [5, 5.41) is 14.1. The lowest BCUT2D eigenvalue weighted by Crippen LogP contribution is -2.37.